The quantitative estimate of drug-likeness (QED) is 0.724. The summed E-state index contributed by atoms with van der Waals surface area (Å²) in [5.41, 5.74) is 2.00. The number of amides is 1. The van der Waals surface area contributed by atoms with Crippen molar-refractivity contribution in [3.8, 4) is 5.75 Å². The summed E-state index contributed by atoms with van der Waals surface area (Å²) >= 11 is 0. The number of hydrogen-bond acceptors (Lipinski definition) is 5. The van der Waals surface area contributed by atoms with Gasteiger partial charge < -0.3 is 19.9 Å². The zero-order valence-corrected chi connectivity index (χ0v) is 12.5. The standard InChI is InChI=1S/C15H21NO5/c1-10-5-4-6-11(2)14(10)21-8-7-13(18)16-12(9-17)15(19)20-3/h4-6,12,17H,7-9H2,1-3H3,(H,16,18). The van der Waals surface area contributed by atoms with Gasteiger partial charge in [0.2, 0.25) is 5.91 Å². The number of methoxy groups -OCH3 is 1. The van der Waals surface area contributed by atoms with Crippen molar-refractivity contribution in [1.82, 2.24) is 5.32 Å². The van der Waals surface area contributed by atoms with Crippen LogP contribution in [0.15, 0.2) is 18.2 Å². The van der Waals surface area contributed by atoms with Gasteiger partial charge >= 0.3 is 5.97 Å². The van der Waals surface area contributed by atoms with E-state index in [1.54, 1.807) is 0 Å². The summed E-state index contributed by atoms with van der Waals surface area (Å²) < 4.78 is 10.1. The van der Waals surface area contributed by atoms with Gasteiger partial charge in [-0.3, -0.25) is 4.79 Å². The summed E-state index contributed by atoms with van der Waals surface area (Å²) in [6.07, 6.45) is 0.0846. The third kappa shape index (κ3) is 5.07. The van der Waals surface area contributed by atoms with Crippen LogP contribution in [0.5, 0.6) is 5.75 Å². The zero-order valence-electron chi connectivity index (χ0n) is 12.5. The Kier molecular flexibility index (Phi) is 6.68. The molecule has 0 radical (unpaired) electrons. The average Bonchev–Trinajstić information content (AvgIpc) is 2.47. The van der Waals surface area contributed by atoms with Crippen LogP contribution in [0.1, 0.15) is 17.5 Å². The first kappa shape index (κ1) is 17.0. The summed E-state index contributed by atoms with van der Waals surface area (Å²) in [6.45, 7) is 3.55. The van der Waals surface area contributed by atoms with Crippen molar-refractivity contribution in [1.29, 1.82) is 0 Å². The Morgan fingerprint density at radius 3 is 2.43 bits per heavy atom. The second kappa shape index (κ2) is 8.26. The van der Waals surface area contributed by atoms with Crippen molar-refractivity contribution in [2.24, 2.45) is 0 Å². The predicted molar refractivity (Wildman–Crippen MR) is 77.1 cm³/mol. The van der Waals surface area contributed by atoms with Gasteiger partial charge in [0, 0.05) is 0 Å². The molecule has 1 atom stereocenters. The molecule has 0 aliphatic heterocycles. The number of nitrogens with one attached hydrogen (secondary N) is 1. The molecule has 1 aromatic rings. The van der Waals surface area contributed by atoms with Gasteiger partial charge in [0.15, 0.2) is 6.04 Å². The minimum Gasteiger partial charge on any atom is -0.493 e. The molecule has 116 valence electrons. The molecule has 0 aliphatic carbocycles. The molecule has 0 fully saturated rings. The first-order chi connectivity index (χ1) is 9.99. The molecular weight excluding hydrogens is 274 g/mol. The van der Waals surface area contributed by atoms with Crippen molar-refractivity contribution in [3.63, 3.8) is 0 Å². The molecular formula is C15H21NO5. The Morgan fingerprint density at radius 1 is 1.29 bits per heavy atom. The minimum atomic E-state index is -1.04. The van der Waals surface area contributed by atoms with Crippen molar-refractivity contribution in [3.05, 3.63) is 29.3 Å². The molecule has 0 saturated heterocycles. The van der Waals surface area contributed by atoms with Crippen LogP contribution in [0.4, 0.5) is 0 Å². The first-order valence-electron chi connectivity index (χ1n) is 6.66. The van der Waals surface area contributed by atoms with Crippen LogP contribution in [0, 0.1) is 13.8 Å². The van der Waals surface area contributed by atoms with Gasteiger partial charge in [-0.1, -0.05) is 18.2 Å². The lowest BCUT2D eigenvalue weighted by Gasteiger charge is -2.15. The number of benzene rings is 1. The topological polar surface area (TPSA) is 84.9 Å². The fourth-order valence-electron chi connectivity index (χ4n) is 1.86. The summed E-state index contributed by atoms with van der Waals surface area (Å²) in [5.74, 6) is -0.302. The maximum atomic E-state index is 11.7. The number of hydrogen-bond donors (Lipinski definition) is 2. The predicted octanol–water partition coefficient (Wildman–Crippen LogP) is 0.722. The molecule has 1 aromatic carbocycles. The van der Waals surface area contributed by atoms with E-state index in [2.05, 4.69) is 10.1 Å². The number of ether oxygens (including phenoxy) is 2. The van der Waals surface area contributed by atoms with E-state index < -0.39 is 18.6 Å². The molecule has 1 unspecified atom stereocenters. The lowest BCUT2D eigenvalue weighted by atomic mass is 10.1. The highest BCUT2D eigenvalue weighted by Crippen LogP contribution is 2.22. The van der Waals surface area contributed by atoms with E-state index in [-0.39, 0.29) is 18.9 Å². The molecule has 0 spiro atoms. The first-order valence-corrected chi connectivity index (χ1v) is 6.66. The van der Waals surface area contributed by atoms with Gasteiger partial charge in [-0.2, -0.15) is 0 Å². The van der Waals surface area contributed by atoms with Crippen molar-refractivity contribution < 1.29 is 24.2 Å². The average molecular weight is 295 g/mol. The van der Waals surface area contributed by atoms with Crippen LogP contribution in [0.25, 0.3) is 0 Å². The lowest BCUT2D eigenvalue weighted by Crippen LogP contribution is -2.44. The van der Waals surface area contributed by atoms with E-state index in [1.165, 1.54) is 7.11 Å². The molecule has 2 N–H and O–H groups in total. The monoisotopic (exact) mass is 295 g/mol. The third-order valence-corrected chi connectivity index (χ3v) is 2.99. The highest BCUT2D eigenvalue weighted by Gasteiger charge is 2.20. The Morgan fingerprint density at radius 2 is 1.90 bits per heavy atom. The maximum Gasteiger partial charge on any atom is 0.330 e. The molecule has 0 heterocycles. The number of aliphatic hydroxyl groups excluding tert-OH is 1. The van der Waals surface area contributed by atoms with Gasteiger partial charge in [-0.15, -0.1) is 0 Å². The van der Waals surface area contributed by atoms with Crippen molar-refractivity contribution in [2.45, 2.75) is 26.3 Å². The normalized spacial score (nSPS) is 11.6. The van der Waals surface area contributed by atoms with Crippen LogP contribution < -0.4 is 10.1 Å². The Labute approximate surface area is 124 Å². The van der Waals surface area contributed by atoms with Gasteiger partial charge in [0.25, 0.3) is 0 Å². The number of para-hydroxylation sites is 1. The van der Waals surface area contributed by atoms with Gasteiger partial charge in [-0.05, 0) is 25.0 Å². The fraction of sp³-hybridized carbons (Fsp3) is 0.467. The van der Waals surface area contributed by atoms with Crippen molar-refractivity contribution >= 4 is 11.9 Å². The SMILES string of the molecule is COC(=O)C(CO)NC(=O)CCOc1c(C)cccc1C. The number of esters is 1. The van der Waals surface area contributed by atoms with E-state index in [1.807, 2.05) is 32.0 Å². The molecule has 1 rings (SSSR count). The second-order valence-corrected chi connectivity index (χ2v) is 4.65. The number of aliphatic hydroxyl groups is 1. The number of carbonyl (C=O) groups excluding carboxylic acids is 2. The highest BCUT2D eigenvalue weighted by atomic mass is 16.5. The largest absolute Gasteiger partial charge is 0.493 e. The minimum absolute atomic E-state index is 0.0846. The van der Waals surface area contributed by atoms with E-state index in [0.29, 0.717) is 0 Å². The lowest BCUT2D eigenvalue weighted by molar-refractivity contribution is -0.146. The Bertz CT molecular complexity index is 481. The van der Waals surface area contributed by atoms with Gasteiger partial charge in [0.1, 0.15) is 5.75 Å². The van der Waals surface area contributed by atoms with Gasteiger partial charge in [-0.25, -0.2) is 4.79 Å². The second-order valence-electron chi connectivity index (χ2n) is 4.65. The van der Waals surface area contributed by atoms with E-state index in [9.17, 15) is 9.59 Å². The summed E-state index contributed by atoms with van der Waals surface area (Å²) in [5, 5.41) is 11.4. The highest BCUT2D eigenvalue weighted by molar-refractivity contribution is 5.84. The molecule has 1 amide bonds. The molecule has 21 heavy (non-hydrogen) atoms. The molecule has 0 aliphatic rings. The van der Waals surface area contributed by atoms with Crippen LogP contribution >= 0.6 is 0 Å². The van der Waals surface area contributed by atoms with E-state index >= 15 is 0 Å². The molecule has 6 heteroatoms. The van der Waals surface area contributed by atoms with Crippen LogP contribution in [0.2, 0.25) is 0 Å². The molecule has 6 nitrogen and oxygen atoms in total. The number of carbonyl (C=O) groups is 2. The number of aryl methyl sites for hydroxylation is 2. The van der Waals surface area contributed by atoms with Crippen LogP contribution in [-0.4, -0.2) is 43.3 Å². The summed E-state index contributed by atoms with van der Waals surface area (Å²) in [7, 11) is 1.20. The van der Waals surface area contributed by atoms with Crippen molar-refractivity contribution in [2.75, 3.05) is 20.3 Å². The zero-order chi connectivity index (χ0) is 15.8. The smallest absolute Gasteiger partial charge is 0.330 e. The van der Waals surface area contributed by atoms with Gasteiger partial charge in [0.05, 0.1) is 26.7 Å². The molecule has 0 bridgehead atoms. The van der Waals surface area contributed by atoms with E-state index in [0.717, 1.165) is 16.9 Å². The molecule has 0 aromatic heterocycles. The third-order valence-electron chi connectivity index (χ3n) is 2.99. The van der Waals surface area contributed by atoms with E-state index in [4.69, 9.17) is 9.84 Å². The maximum absolute atomic E-state index is 11.7. The van der Waals surface area contributed by atoms with Crippen LogP contribution in [-0.2, 0) is 14.3 Å². The summed E-state index contributed by atoms with van der Waals surface area (Å²) in [6, 6.07) is 4.76. The Hall–Kier alpha value is -2.08. The fourth-order valence-corrected chi connectivity index (χ4v) is 1.86. The Balaban J connectivity index is 2.45. The number of rotatable bonds is 7. The molecule has 0 saturated carbocycles. The summed E-state index contributed by atoms with van der Waals surface area (Å²) in [4.78, 5) is 22.9. The van der Waals surface area contributed by atoms with Crippen LogP contribution in [0.3, 0.4) is 0 Å².